The molecule has 0 bridgehead atoms. The number of carbonyl (C=O) groups excluding carboxylic acids is 4. The first-order valence-corrected chi connectivity index (χ1v) is 13.2. The van der Waals surface area contributed by atoms with Crippen LogP contribution in [-0.2, 0) is 19.2 Å². The number of amides is 4. The quantitative estimate of drug-likeness (QED) is 0.275. The first-order valence-electron chi connectivity index (χ1n) is 13.2. The Morgan fingerprint density at radius 1 is 1.03 bits per heavy atom. The van der Waals surface area contributed by atoms with Gasteiger partial charge in [0.05, 0.1) is 5.54 Å². The number of piperidine rings is 1. The zero-order valence-corrected chi connectivity index (χ0v) is 22.8. The average Bonchev–Trinajstić information content (AvgIpc) is 2.76. The number of aliphatic hydroxyl groups is 1. The minimum Gasteiger partial charge on any atom is -0.361 e. The summed E-state index contributed by atoms with van der Waals surface area (Å²) >= 11 is 0. The number of hydrogen-bond acceptors (Lipinski definition) is 5. The maximum Gasteiger partial charge on any atom is 0.276 e. The monoisotopic (exact) mass is 496 g/mol. The van der Waals surface area contributed by atoms with Crippen LogP contribution in [0.15, 0.2) is 0 Å². The van der Waals surface area contributed by atoms with Crippen molar-refractivity contribution in [2.45, 2.75) is 129 Å². The molecule has 1 fully saturated rings. The standard InChI is InChI=1S/C26H48N4O5/c1-8-9-10-11-12-13-14-21(31)28-20(17-18(2)3)23(33)29-25(6)16-15-22(32)30(7)26(25,35)24(34)27-19(4)5/h18-20,35H,8-17H2,1-7H3,(H,27,34)(H,28,31)(H,29,33). The van der Waals surface area contributed by atoms with E-state index in [1.807, 2.05) is 13.8 Å². The molecule has 0 spiro atoms. The Labute approximate surface area is 211 Å². The lowest BCUT2D eigenvalue weighted by Crippen LogP contribution is -2.78. The summed E-state index contributed by atoms with van der Waals surface area (Å²) in [5, 5.41) is 19.9. The van der Waals surface area contributed by atoms with Crippen LogP contribution in [0.4, 0.5) is 0 Å². The minimum absolute atomic E-state index is 0.0732. The van der Waals surface area contributed by atoms with Crippen LogP contribution >= 0.6 is 0 Å². The third-order valence-electron chi connectivity index (χ3n) is 6.72. The molecule has 0 aromatic rings. The molecular weight excluding hydrogens is 448 g/mol. The molecule has 4 amide bonds. The van der Waals surface area contributed by atoms with Gasteiger partial charge in [-0.05, 0) is 46.0 Å². The maximum absolute atomic E-state index is 13.4. The molecule has 202 valence electrons. The summed E-state index contributed by atoms with van der Waals surface area (Å²) in [5.41, 5.74) is -3.71. The Balaban J connectivity index is 2.98. The van der Waals surface area contributed by atoms with E-state index in [-0.39, 0.29) is 36.6 Å². The van der Waals surface area contributed by atoms with E-state index in [0.717, 1.165) is 24.2 Å². The number of likely N-dealkylation sites (tertiary alicyclic amines) is 1. The lowest BCUT2D eigenvalue weighted by Gasteiger charge is -2.52. The normalized spacial score (nSPS) is 23.4. The van der Waals surface area contributed by atoms with E-state index in [2.05, 4.69) is 22.9 Å². The van der Waals surface area contributed by atoms with Crippen LogP contribution in [0.2, 0.25) is 0 Å². The van der Waals surface area contributed by atoms with Gasteiger partial charge in [0.15, 0.2) is 0 Å². The van der Waals surface area contributed by atoms with Crippen LogP contribution in [0.25, 0.3) is 0 Å². The molecule has 1 aliphatic heterocycles. The molecule has 3 atom stereocenters. The molecule has 3 unspecified atom stereocenters. The van der Waals surface area contributed by atoms with Crippen LogP contribution in [0.1, 0.15) is 106 Å². The second-order valence-electron chi connectivity index (χ2n) is 10.8. The molecule has 0 aromatic heterocycles. The molecule has 9 nitrogen and oxygen atoms in total. The van der Waals surface area contributed by atoms with Gasteiger partial charge in [-0.25, -0.2) is 0 Å². The number of nitrogens with zero attached hydrogens (tertiary/aromatic N) is 1. The summed E-state index contributed by atoms with van der Waals surface area (Å²) in [6, 6.07) is -1.08. The van der Waals surface area contributed by atoms with Crippen molar-refractivity contribution in [3.8, 4) is 0 Å². The van der Waals surface area contributed by atoms with Crippen molar-refractivity contribution in [1.29, 1.82) is 0 Å². The molecular formula is C26H48N4O5. The van der Waals surface area contributed by atoms with Crippen molar-refractivity contribution < 1.29 is 24.3 Å². The van der Waals surface area contributed by atoms with Gasteiger partial charge in [0.25, 0.3) is 5.91 Å². The smallest absolute Gasteiger partial charge is 0.276 e. The lowest BCUT2D eigenvalue weighted by atomic mass is 9.78. The summed E-state index contributed by atoms with van der Waals surface area (Å²) in [6.45, 7) is 11.1. The molecule has 0 aliphatic carbocycles. The van der Waals surface area contributed by atoms with Gasteiger partial charge < -0.3 is 26.0 Å². The van der Waals surface area contributed by atoms with Crippen molar-refractivity contribution in [1.82, 2.24) is 20.9 Å². The Kier molecular flexibility index (Phi) is 12.2. The van der Waals surface area contributed by atoms with Gasteiger partial charge in [-0.3, -0.25) is 19.2 Å². The van der Waals surface area contributed by atoms with Crippen molar-refractivity contribution in [3.05, 3.63) is 0 Å². The molecule has 1 rings (SSSR count). The summed E-state index contributed by atoms with van der Waals surface area (Å²) in [6.07, 6.45) is 7.30. The number of unbranched alkanes of at least 4 members (excludes halogenated alkanes) is 5. The topological polar surface area (TPSA) is 128 Å². The molecule has 35 heavy (non-hydrogen) atoms. The largest absolute Gasteiger partial charge is 0.361 e. The highest BCUT2D eigenvalue weighted by atomic mass is 16.3. The number of hydrogen-bond donors (Lipinski definition) is 4. The number of likely N-dealkylation sites (N-methyl/N-ethyl adjacent to an activating group) is 1. The van der Waals surface area contributed by atoms with E-state index < -0.39 is 29.1 Å². The van der Waals surface area contributed by atoms with E-state index in [0.29, 0.717) is 12.8 Å². The fourth-order valence-corrected chi connectivity index (χ4v) is 4.56. The summed E-state index contributed by atoms with van der Waals surface area (Å²) in [5.74, 6) is -1.67. The Hall–Kier alpha value is -2.16. The van der Waals surface area contributed by atoms with Crippen LogP contribution in [-0.4, -0.2) is 64.0 Å². The van der Waals surface area contributed by atoms with Crippen LogP contribution in [0.3, 0.4) is 0 Å². The SMILES string of the molecule is CCCCCCCCC(=O)NC(CC(C)C)C(=O)NC1(C)CCC(=O)N(C)C1(O)C(=O)NC(C)C. The second-order valence-corrected chi connectivity index (χ2v) is 10.8. The first kappa shape index (κ1) is 30.9. The fourth-order valence-electron chi connectivity index (χ4n) is 4.56. The van der Waals surface area contributed by atoms with Crippen molar-refractivity contribution in [3.63, 3.8) is 0 Å². The molecule has 1 heterocycles. The molecule has 1 saturated heterocycles. The minimum atomic E-state index is -2.27. The predicted molar refractivity (Wildman–Crippen MR) is 136 cm³/mol. The molecule has 9 heteroatoms. The lowest BCUT2D eigenvalue weighted by molar-refractivity contribution is -0.199. The number of carbonyl (C=O) groups is 4. The van der Waals surface area contributed by atoms with Gasteiger partial charge in [0.2, 0.25) is 23.4 Å². The molecule has 0 radical (unpaired) electrons. The van der Waals surface area contributed by atoms with Crippen LogP contribution < -0.4 is 16.0 Å². The fraction of sp³-hybridized carbons (Fsp3) is 0.846. The molecule has 4 N–H and O–H groups in total. The highest BCUT2D eigenvalue weighted by molar-refractivity contribution is 5.95. The van der Waals surface area contributed by atoms with Gasteiger partial charge >= 0.3 is 0 Å². The van der Waals surface area contributed by atoms with Gasteiger partial charge in [-0.15, -0.1) is 0 Å². The number of nitrogens with one attached hydrogen (secondary N) is 3. The number of rotatable bonds is 14. The maximum atomic E-state index is 13.4. The zero-order valence-electron chi connectivity index (χ0n) is 22.8. The van der Waals surface area contributed by atoms with E-state index in [1.165, 1.54) is 26.3 Å². The van der Waals surface area contributed by atoms with Crippen molar-refractivity contribution in [2.24, 2.45) is 5.92 Å². The highest BCUT2D eigenvalue weighted by Crippen LogP contribution is 2.35. The van der Waals surface area contributed by atoms with Gasteiger partial charge in [-0.1, -0.05) is 52.9 Å². The third kappa shape index (κ3) is 8.47. The van der Waals surface area contributed by atoms with Crippen molar-refractivity contribution >= 4 is 23.6 Å². The van der Waals surface area contributed by atoms with Gasteiger partial charge in [-0.2, -0.15) is 0 Å². The van der Waals surface area contributed by atoms with Crippen LogP contribution in [0.5, 0.6) is 0 Å². The second kappa shape index (κ2) is 13.8. The van der Waals surface area contributed by atoms with E-state index in [9.17, 15) is 24.3 Å². The summed E-state index contributed by atoms with van der Waals surface area (Å²) in [7, 11) is 1.36. The zero-order chi connectivity index (χ0) is 26.8. The van der Waals surface area contributed by atoms with E-state index in [1.54, 1.807) is 20.8 Å². The van der Waals surface area contributed by atoms with Crippen molar-refractivity contribution in [2.75, 3.05) is 7.05 Å². The molecule has 0 aromatic carbocycles. The summed E-state index contributed by atoms with van der Waals surface area (Å²) < 4.78 is 0. The predicted octanol–water partition coefficient (Wildman–Crippen LogP) is 2.61. The first-order chi connectivity index (χ1) is 16.3. The average molecular weight is 497 g/mol. The Morgan fingerprint density at radius 2 is 1.63 bits per heavy atom. The summed E-state index contributed by atoms with van der Waals surface area (Å²) in [4.78, 5) is 52.4. The Morgan fingerprint density at radius 3 is 2.20 bits per heavy atom. The molecule has 1 aliphatic rings. The highest BCUT2D eigenvalue weighted by Gasteiger charge is 2.60. The van der Waals surface area contributed by atoms with E-state index >= 15 is 0 Å². The Bertz CT molecular complexity index is 741. The molecule has 0 saturated carbocycles. The van der Waals surface area contributed by atoms with Crippen LogP contribution in [0, 0.1) is 5.92 Å². The third-order valence-corrected chi connectivity index (χ3v) is 6.72. The van der Waals surface area contributed by atoms with E-state index in [4.69, 9.17) is 0 Å². The van der Waals surface area contributed by atoms with Gasteiger partial charge in [0.1, 0.15) is 6.04 Å². The van der Waals surface area contributed by atoms with Gasteiger partial charge in [0, 0.05) is 25.9 Å².